The summed E-state index contributed by atoms with van der Waals surface area (Å²) >= 11 is 5.95. The number of aryl methyl sites for hydroxylation is 1. The van der Waals surface area contributed by atoms with Crippen LogP contribution in [0.15, 0.2) is 83.3 Å². The lowest BCUT2D eigenvalue weighted by atomic mass is 10.1. The quantitative estimate of drug-likeness (QED) is 0.441. The van der Waals surface area contributed by atoms with Gasteiger partial charge in [-0.2, -0.15) is 0 Å². The average molecular weight is 419 g/mol. The van der Waals surface area contributed by atoms with Crippen LogP contribution in [0.1, 0.15) is 23.1 Å². The zero-order valence-corrected chi connectivity index (χ0v) is 16.9. The fourth-order valence-electron chi connectivity index (χ4n) is 2.93. The van der Waals surface area contributed by atoms with Crippen molar-refractivity contribution in [3.05, 3.63) is 101 Å². The highest BCUT2D eigenvalue weighted by Gasteiger charge is 2.23. The predicted molar refractivity (Wildman–Crippen MR) is 116 cm³/mol. The summed E-state index contributed by atoms with van der Waals surface area (Å²) in [5, 5.41) is 14.7. The van der Waals surface area contributed by atoms with Crippen molar-refractivity contribution in [1.29, 1.82) is 0 Å². The van der Waals surface area contributed by atoms with Crippen LogP contribution < -0.4 is 10.6 Å². The number of hydrogen-bond acceptors (Lipinski definition) is 4. The molecule has 30 heavy (non-hydrogen) atoms. The van der Waals surface area contributed by atoms with Crippen molar-refractivity contribution in [3.8, 4) is 11.5 Å². The van der Waals surface area contributed by atoms with Gasteiger partial charge in [-0.05, 0) is 48.9 Å². The fraction of sp³-hybridized carbons (Fsp3) is 0.0870. The Morgan fingerprint density at radius 2 is 1.63 bits per heavy atom. The maximum Gasteiger partial charge on any atom is 0.320 e. The van der Waals surface area contributed by atoms with Gasteiger partial charge in [-0.3, -0.25) is 0 Å². The molecule has 3 aromatic carbocycles. The molecule has 0 radical (unpaired) electrons. The van der Waals surface area contributed by atoms with Crippen LogP contribution >= 0.6 is 11.6 Å². The number of halogens is 1. The first-order valence-electron chi connectivity index (χ1n) is 9.37. The first-order chi connectivity index (χ1) is 14.6. The predicted octanol–water partition coefficient (Wildman–Crippen LogP) is 5.61. The van der Waals surface area contributed by atoms with Crippen molar-refractivity contribution in [2.45, 2.75) is 13.0 Å². The van der Waals surface area contributed by atoms with Crippen LogP contribution in [-0.2, 0) is 0 Å². The van der Waals surface area contributed by atoms with Crippen molar-refractivity contribution >= 4 is 23.3 Å². The second-order valence-corrected chi connectivity index (χ2v) is 7.20. The molecule has 0 saturated carbocycles. The van der Waals surface area contributed by atoms with Crippen LogP contribution in [-0.4, -0.2) is 16.2 Å². The number of amides is 2. The molecule has 0 aliphatic carbocycles. The molecule has 0 saturated heterocycles. The minimum atomic E-state index is -0.606. The lowest BCUT2D eigenvalue weighted by Gasteiger charge is -2.16. The molecule has 0 fully saturated rings. The Morgan fingerprint density at radius 1 is 0.933 bits per heavy atom. The number of aromatic nitrogens is 2. The highest BCUT2D eigenvalue weighted by Crippen LogP contribution is 2.26. The van der Waals surface area contributed by atoms with Gasteiger partial charge in [0, 0.05) is 16.3 Å². The van der Waals surface area contributed by atoms with Crippen molar-refractivity contribution in [2.24, 2.45) is 0 Å². The van der Waals surface area contributed by atoms with Crippen molar-refractivity contribution < 1.29 is 9.21 Å². The molecule has 0 aliphatic heterocycles. The summed E-state index contributed by atoms with van der Waals surface area (Å²) in [7, 11) is 0. The van der Waals surface area contributed by atoms with Gasteiger partial charge in [-0.25, -0.2) is 4.79 Å². The van der Waals surface area contributed by atoms with Gasteiger partial charge in [0.1, 0.15) is 6.04 Å². The largest absolute Gasteiger partial charge is 0.418 e. The number of urea groups is 1. The lowest BCUT2D eigenvalue weighted by Crippen LogP contribution is -2.33. The molecule has 0 aliphatic rings. The van der Waals surface area contributed by atoms with Crippen LogP contribution in [0.5, 0.6) is 0 Å². The maximum absolute atomic E-state index is 12.6. The highest BCUT2D eigenvalue weighted by molar-refractivity contribution is 6.30. The van der Waals surface area contributed by atoms with Gasteiger partial charge in [-0.15, -0.1) is 10.2 Å². The Labute approximate surface area is 178 Å². The Hall–Kier alpha value is -3.64. The zero-order chi connectivity index (χ0) is 20.9. The zero-order valence-electron chi connectivity index (χ0n) is 16.2. The number of hydrogen-bond donors (Lipinski definition) is 2. The SMILES string of the molecule is Cc1ccc(NC(=O)N[C@@H](c2ccccc2)c2nnc(-c3ccc(Cl)cc3)o2)cc1. The standard InChI is InChI=1S/C23H19ClN4O2/c1-15-7-13-19(14-8-15)25-23(29)26-20(16-5-3-2-4-6-16)22-28-27-21(30-22)17-9-11-18(24)12-10-17/h2-14,20H,1H3,(H2,25,26,29)/t20-/m0/s1. The Bertz CT molecular complexity index is 1130. The minimum Gasteiger partial charge on any atom is -0.418 e. The van der Waals surface area contributed by atoms with Gasteiger partial charge in [0.25, 0.3) is 0 Å². The molecule has 4 rings (SSSR count). The molecule has 4 aromatic rings. The molecule has 0 spiro atoms. The van der Waals surface area contributed by atoms with E-state index in [1.165, 1.54) is 0 Å². The second kappa shape index (κ2) is 8.80. The molecule has 0 unspecified atom stereocenters. The number of carbonyl (C=O) groups is 1. The van der Waals surface area contributed by atoms with Crippen molar-refractivity contribution in [1.82, 2.24) is 15.5 Å². The van der Waals surface area contributed by atoms with Crippen molar-refractivity contribution in [2.75, 3.05) is 5.32 Å². The van der Waals surface area contributed by atoms with Crippen LogP contribution in [0.3, 0.4) is 0 Å². The van der Waals surface area contributed by atoms with Gasteiger partial charge in [-0.1, -0.05) is 59.6 Å². The number of anilines is 1. The van der Waals surface area contributed by atoms with Crippen LogP contribution in [0.4, 0.5) is 10.5 Å². The first kappa shape index (κ1) is 19.7. The summed E-state index contributed by atoms with van der Waals surface area (Å²) in [6.07, 6.45) is 0. The molecular weight excluding hydrogens is 400 g/mol. The van der Waals surface area contributed by atoms with Gasteiger partial charge >= 0.3 is 6.03 Å². The summed E-state index contributed by atoms with van der Waals surface area (Å²) in [4.78, 5) is 12.6. The van der Waals surface area contributed by atoms with Gasteiger partial charge < -0.3 is 15.1 Å². The molecule has 1 aromatic heterocycles. The topological polar surface area (TPSA) is 80.0 Å². The third-order valence-corrected chi connectivity index (χ3v) is 4.75. The smallest absolute Gasteiger partial charge is 0.320 e. The lowest BCUT2D eigenvalue weighted by molar-refractivity contribution is 0.248. The summed E-state index contributed by atoms with van der Waals surface area (Å²) in [6, 6.07) is 23.1. The highest BCUT2D eigenvalue weighted by atomic mass is 35.5. The number of nitrogens with zero attached hydrogens (tertiary/aromatic N) is 2. The second-order valence-electron chi connectivity index (χ2n) is 6.76. The molecule has 150 valence electrons. The summed E-state index contributed by atoms with van der Waals surface area (Å²) in [5.41, 5.74) is 3.37. The van der Waals surface area contributed by atoms with E-state index >= 15 is 0 Å². The Balaban J connectivity index is 1.58. The van der Waals surface area contributed by atoms with E-state index in [0.29, 0.717) is 16.6 Å². The average Bonchev–Trinajstić information content (AvgIpc) is 3.25. The molecule has 2 N–H and O–H groups in total. The molecule has 0 bridgehead atoms. The van der Waals surface area contributed by atoms with E-state index in [1.807, 2.05) is 61.5 Å². The monoisotopic (exact) mass is 418 g/mol. The van der Waals surface area contributed by atoms with Crippen LogP contribution in [0, 0.1) is 6.92 Å². The van der Waals surface area contributed by atoms with Gasteiger partial charge in [0.2, 0.25) is 11.8 Å². The third kappa shape index (κ3) is 4.67. The molecule has 7 heteroatoms. The van der Waals surface area contributed by atoms with E-state index in [2.05, 4.69) is 20.8 Å². The number of benzene rings is 3. The van der Waals surface area contributed by atoms with E-state index in [-0.39, 0.29) is 11.9 Å². The van der Waals surface area contributed by atoms with E-state index in [0.717, 1.165) is 16.7 Å². The van der Waals surface area contributed by atoms with E-state index in [4.69, 9.17) is 16.0 Å². The van der Waals surface area contributed by atoms with Gasteiger partial charge in [0.15, 0.2) is 0 Å². The molecule has 1 atom stereocenters. The van der Waals surface area contributed by atoms with E-state index in [1.54, 1.807) is 24.3 Å². The molecular formula is C23H19ClN4O2. The van der Waals surface area contributed by atoms with E-state index in [9.17, 15) is 4.79 Å². The third-order valence-electron chi connectivity index (χ3n) is 4.50. The molecule has 1 heterocycles. The Kier molecular flexibility index (Phi) is 5.77. The molecule has 2 amide bonds. The summed E-state index contributed by atoms with van der Waals surface area (Å²) < 4.78 is 5.89. The maximum atomic E-state index is 12.6. The Morgan fingerprint density at radius 3 is 2.33 bits per heavy atom. The summed E-state index contributed by atoms with van der Waals surface area (Å²) in [6.45, 7) is 1.99. The molecule has 6 nitrogen and oxygen atoms in total. The minimum absolute atomic E-state index is 0.283. The summed E-state index contributed by atoms with van der Waals surface area (Å²) in [5.74, 6) is 0.633. The van der Waals surface area contributed by atoms with Gasteiger partial charge in [0.05, 0.1) is 0 Å². The number of nitrogens with one attached hydrogen (secondary N) is 2. The van der Waals surface area contributed by atoms with Crippen LogP contribution in [0.2, 0.25) is 5.02 Å². The normalized spacial score (nSPS) is 11.7. The first-order valence-corrected chi connectivity index (χ1v) is 9.75. The number of carbonyl (C=O) groups excluding carboxylic acids is 1. The van der Waals surface area contributed by atoms with E-state index < -0.39 is 6.04 Å². The number of rotatable bonds is 5. The fourth-order valence-corrected chi connectivity index (χ4v) is 3.05. The van der Waals surface area contributed by atoms with Crippen molar-refractivity contribution in [3.63, 3.8) is 0 Å². The van der Waals surface area contributed by atoms with Crippen LogP contribution in [0.25, 0.3) is 11.5 Å².